The minimum absolute atomic E-state index is 0.693. The zero-order valence-electron chi connectivity index (χ0n) is 17.2. The second-order valence-corrected chi connectivity index (χ2v) is 8.81. The zero-order valence-corrected chi connectivity index (χ0v) is 17.2. The molecule has 1 saturated carbocycles. The standard InChI is InChI=1S/C27H26NO/c1-17-11-12-19-9-6-10-23-25(19)24(17)26-27(29-23)22-15-20(18-7-4-3-5-8-18)13-14-21(22)16-28(26)2/h6,9-16,18H,3-5,7-8H2,1-2H3/q+1. The molecule has 2 nitrogen and oxygen atoms in total. The minimum Gasteiger partial charge on any atom is -0.449 e. The summed E-state index contributed by atoms with van der Waals surface area (Å²) in [5.74, 6) is 2.68. The van der Waals surface area contributed by atoms with Gasteiger partial charge in [-0.2, -0.15) is 4.57 Å². The van der Waals surface area contributed by atoms with Crippen LogP contribution in [0.2, 0.25) is 0 Å². The summed E-state index contributed by atoms with van der Waals surface area (Å²) < 4.78 is 8.87. The fourth-order valence-corrected chi connectivity index (χ4v) is 5.48. The van der Waals surface area contributed by atoms with Crippen molar-refractivity contribution in [3.8, 4) is 22.8 Å². The lowest BCUT2D eigenvalue weighted by atomic mass is 9.83. The van der Waals surface area contributed by atoms with Crippen molar-refractivity contribution in [3.05, 3.63) is 65.9 Å². The number of aromatic nitrogens is 1. The largest absolute Gasteiger partial charge is 0.449 e. The summed E-state index contributed by atoms with van der Waals surface area (Å²) in [5.41, 5.74) is 5.28. The van der Waals surface area contributed by atoms with Gasteiger partial charge in [-0.1, -0.05) is 49.6 Å². The number of ether oxygens (including phenoxy) is 1. The van der Waals surface area contributed by atoms with Crippen LogP contribution in [0, 0.1) is 6.92 Å². The zero-order chi connectivity index (χ0) is 19.5. The van der Waals surface area contributed by atoms with Crippen LogP contribution in [-0.2, 0) is 7.05 Å². The van der Waals surface area contributed by atoms with Crippen molar-refractivity contribution in [1.82, 2.24) is 0 Å². The summed E-state index contributed by atoms with van der Waals surface area (Å²) >= 11 is 0. The summed E-state index contributed by atoms with van der Waals surface area (Å²) in [6.07, 6.45) is 8.99. The molecule has 1 aromatic heterocycles. The van der Waals surface area contributed by atoms with E-state index in [9.17, 15) is 0 Å². The number of hydrogen-bond acceptors (Lipinski definition) is 1. The Morgan fingerprint density at radius 1 is 0.931 bits per heavy atom. The van der Waals surface area contributed by atoms with Crippen LogP contribution in [0.5, 0.6) is 11.5 Å². The monoisotopic (exact) mass is 380 g/mol. The molecular weight excluding hydrogens is 354 g/mol. The van der Waals surface area contributed by atoms with Crippen LogP contribution in [0.15, 0.2) is 54.7 Å². The molecule has 0 spiro atoms. The smallest absolute Gasteiger partial charge is 0.257 e. The predicted octanol–water partition coefficient (Wildman–Crippen LogP) is 6.95. The Hall–Kier alpha value is -2.87. The molecule has 0 amide bonds. The van der Waals surface area contributed by atoms with Crippen LogP contribution in [0.25, 0.3) is 32.8 Å². The molecule has 0 radical (unpaired) electrons. The van der Waals surface area contributed by atoms with Gasteiger partial charge in [0.1, 0.15) is 12.8 Å². The molecule has 29 heavy (non-hydrogen) atoms. The Morgan fingerprint density at radius 2 is 1.76 bits per heavy atom. The van der Waals surface area contributed by atoms with Crippen LogP contribution in [0.3, 0.4) is 0 Å². The lowest BCUT2D eigenvalue weighted by Crippen LogP contribution is -2.32. The number of fused-ring (bicyclic) bond motifs is 4. The molecule has 6 rings (SSSR count). The quantitative estimate of drug-likeness (QED) is 0.287. The van der Waals surface area contributed by atoms with E-state index in [4.69, 9.17) is 4.74 Å². The third-order valence-corrected chi connectivity index (χ3v) is 6.96. The lowest BCUT2D eigenvalue weighted by molar-refractivity contribution is -0.659. The van der Waals surface area contributed by atoms with Crippen LogP contribution in [0.4, 0.5) is 0 Å². The van der Waals surface area contributed by atoms with Crippen molar-refractivity contribution in [2.45, 2.75) is 44.9 Å². The van der Waals surface area contributed by atoms with Crippen molar-refractivity contribution < 1.29 is 9.30 Å². The van der Waals surface area contributed by atoms with E-state index in [1.807, 2.05) is 0 Å². The molecule has 1 aliphatic carbocycles. The summed E-state index contributed by atoms with van der Waals surface area (Å²) in [7, 11) is 2.14. The molecule has 0 N–H and O–H groups in total. The summed E-state index contributed by atoms with van der Waals surface area (Å²) in [6.45, 7) is 2.21. The molecule has 0 atom stereocenters. The van der Waals surface area contributed by atoms with E-state index in [1.54, 1.807) is 0 Å². The van der Waals surface area contributed by atoms with E-state index in [1.165, 1.54) is 76.0 Å². The molecule has 0 saturated heterocycles. The highest BCUT2D eigenvalue weighted by Gasteiger charge is 2.31. The van der Waals surface area contributed by atoms with Gasteiger partial charge in [0.25, 0.3) is 5.69 Å². The van der Waals surface area contributed by atoms with Gasteiger partial charge in [-0.25, -0.2) is 0 Å². The van der Waals surface area contributed by atoms with Crippen LogP contribution >= 0.6 is 0 Å². The van der Waals surface area contributed by atoms with Gasteiger partial charge in [0, 0.05) is 16.2 Å². The first kappa shape index (κ1) is 17.0. The first-order valence-corrected chi connectivity index (χ1v) is 10.9. The number of nitrogens with zero attached hydrogens (tertiary/aromatic N) is 1. The van der Waals surface area contributed by atoms with E-state index < -0.39 is 0 Å². The minimum atomic E-state index is 0.693. The molecule has 3 aromatic carbocycles. The second-order valence-electron chi connectivity index (χ2n) is 8.81. The van der Waals surface area contributed by atoms with Gasteiger partial charge in [0.2, 0.25) is 5.75 Å². The van der Waals surface area contributed by atoms with Crippen molar-refractivity contribution in [3.63, 3.8) is 0 Å². The highest BCUT2D eigenvalue weighted by molar-refractivity contribution is 6.06. The van der Waals surface area contributed by atoms with Crippen molar-refractivity contribution >= 4 is 21.5 Å². The molecule has 1 fully saturated rings. The van der Waals surface area contributed by atoms with Gasteiger partial charge in [-0.05, 0) is 60.4 Å². The average molecular weight is 381 g/mol. The van der Waals surface area contributed by atoms with Crippen LogP contribution in [0.1, 0.15) is 49.1 Å². The molecule has 2 aliphatic rings. The maximum Gasteiger partial charge on any atom is 0.257 e. The van der Waals surface area contributed by atoms with Gasteiger partial charge < -0.3 is 4.74 Å². The second kappa shape index (κ2) is 6.32. The predicted molar refractivity (Wildman–Crippen MR) is 119 cm³/mol. The lowest BCUT2D eigenvalue weighted by Gasteiger charge is -2.24. The van der Waals surface area contributed by atoms with E-state index in [2.05, 4.69) is 73.3 Å². The number of rotatable bonds is 1. The molecular formula is C27H26NO+. The molecule has 0 bridgehead atoms. The molecule has 2 heteroatoms. The van der Waals surface area contributed by atoms with E-state index in [0.717, 1.165) is 11.5 Å². The third kappa shape index (κ3) is 2.51. The SMILES string of the molecule is Cc1ccc2cccc3c2c1-c1c(c2cc(C4CCCCC4)ccc2c[n+]1C)O3. The van der Waals surface area contributed by atoms with E-state index in [0.29, 0.717) is 5.92 Å². The van der Waals surface area contributed by atoms with Crippen molar-refractivity contribution in [2.75, 3.05) is 0 Å². The molecule has 1 aliphatic heterocycles. The van der Waals surface area contributed by atoms with Gasteiger partial charge in [-0.3, -0.25) is 0 Å². The molecule has 4 aromatic rings. The Kier molecular flexibility index (Phi) is 3.71. The highest BCUT2D eigenvalue weighted by atomic mass is 16.5. The summed E-state index contributed by atoms with van der Waals surface area (Å²) in [4.78, 5) is 0. The van der Waals surface area contributed by atoms with Gasteiger partial charge in [0.05, 0.1) is 5.56 Å². The first-order valence-electron chi connectivity index (χ1n) is 10.9. The van der Waals surface area contributed by atoms with Gasteiger partial charge in [-0.15, -0.1) is 0 Å². The first-order chi connectivity index (χ1) is 14.2. The highest BCUT2D eigenvalue weighted by Crippen LogP contribution is 2.49. The number of aryl methyl sites for hydroxylation is 2. The van der Waals surface area contributed by atoms with Crippen molar-refractivity contribution in [2.24, 2.45) is 7.05 Å². The number of benzene rings is 3. The number of hydrogen-bond donors (Lipinski definition) is 0. The average Bonchev–Trinajstić information content (AvgIpc) is 2.76. The van der Waals surface area contributed by atoms with Crippen molar-refractivity contribution in [1.29, 1.82) is 0 Å². The third-order valence-electron chi connectivity index (χ3n) is 6.96. The molecule has 144 valence electrons. The van der Waals surface area contributed by atoms with Gasteiger partial charge in [0.15, 0.2) is 6.20 Å². The van der Waals surface area contributed by atoms with E-state index >= 15 is 0 Å². The maximum absolute atomic E-state index is 6.62. The van der Waals surface area contributed by atoms with E-state index in [-0.39, 0.29) is 0 Å². The Morgan fingerprint density at radius 3 is 2.62 bits per heavy atom. The van der Waals surface area contributed by atoms with Crippen LogP contribution < -0.4 is 9.30 Å². The Balaban J connectivity index is 1.65. The molecule has 0 unspecified atom stereocenters. The van der Waals surface area contributed by atoms with Crippen LogP contribution in [-0.4, -0.2) is 0 Å². The summed E-state index contributed by atoms with van der Waals surface area (Å²) in [5, 5.41) is 4.96. The fraction of sp³-hybridized carbons (Fsp3) is 0.296. The molecule has 2 heterocycles. The number of pyridine rings is 1. The van der Waals surface area contributed by atoms with Gasteiger partial charge >= 0.3 is 0 Å². The maximum atomic E-state index is 6.62. The topological polar surface area (TPSA) is 13.1 Å². The fourth-order valence-electron chi connectivity index (χ4n) is 5.48. The Labute approximate surface area is 171 Å². The normalized spacial score (nSPS) is 16.1. The summed E-state index contributed by atoms with van der Waals surface area (Å²) in [6, 6.07) is 17.9. The Bertz CT molecular complexity index is 1280.